The number of ether oxygens (including phenoxy) is 2. The number of aliphatic hydroxyl groups excluding tert-OH is 1. The average molecular weight is 623 g/mol. The van der Waals surface area contributed by atoms with E-state index in [4.69, 9.17) is 19.1 Å². The van der Waals surface area contributed by atoms with Crippen LogP contribution < -0.4 is 0 Å². The first-order chi connectivity index (χ1) is 20.3. The summed E-state index contributed by atoms with van der Waals surface area (Å²) < 4.78 is 31.5. The molecule has 0 spiro atoms. The van der Waals surface area contributed by atoms with E-state index in [0.29, 0.717) is 6.42 Å². The van der Waals surface area contributed by atoms with Crippen LogP contribution in [-0.2, 0) is 32.7 Å². The van der Waals surface area contributed by atoms with Gasteiger partial charge in [0, 0.05) is 12.8 Å². The van der Waals surface area contributed by atoms with Crippen molar-refractivity contribution in [3.8, 4) is 0 Å². The number of carbonyl (C=O) groups excluding carboxylic acids is 2. The van der Waals surface area contributed by atoms with Gasteiger partial charge in [-0.3, -0.25) is 18.6 Å². The van der Waals surface area contributed by atoms with E-state index in [1.54, 1.807) is 0 Å². The summed E-state index contributed by atoms with van der Waals surface area (Å²) in [6.07, 6.45) is 25.3. The number of carbonyl (C=O) groups is 2. The van der Waals surface area contributed by atoms with Gasteiger partial charge in [0.1, 0.15) is 6.61 Å². The Morgan fingerprint density at radius 1 is 0.571 bits per heavy atom. The lowest BCUT2D eigenvalue weighted by molar-refractivity contribution is -0.161. The molecule has 0 fully saturated rings. The van der Waals surface area contributed by atoms with Crippen molar-refractivity contribution in [1.29, 1.82) is 0 Å². The first-order valence-corrected chi connectivity index (χ1v) is 18.4. The van der Waals surface area contributed by atoms with Gasteiger partial charge in [-0.05, 0) is 12.8 Å². The highest BCUT2D eigenvalue weighted by Gasteiger charge is 2.25. The molecule has 0 bridgehead atoms. The first-order valence-electron chi connectivity index (χ1n) is 16.9. The highest BCUT2D eigenvalue weighted by molar-refractivity contribution is 7.47. The Kier molecular flexibility index (Phi) is 29.3. The zero-order valence-electron chi connectivity index (χ0n) is 26.9. The molecule has 0 saturated carbocycles. The summed E-state index contributed by atoms with van der Waals surface area (Å²) in [6.45, 7) is 2.68. The van der Waals surface area contributed by atoms with Crippen molar-refractivity contribution in [2.75, 3.05) is 20.0 Å². The summed E-state index contributed by atoms with van der Waals surface area (Å²) in [4.78, 5) is 34.2. The molecule has 10 heteroatoms. The van der Waals surface area contributed by atoms with Crippen LogP contribution in [0.25, 0.3) is 0 Å². The van der Waals surface area contributed by atoms with Gasteiger partial charge in [-0.15, -0.1) is 0 Å². The van der Waals surface area contributed by atoms with E-state index < -0.39 is 39.3 Å². The number of esters is 2. The molecule has 0 aromatic heterocycles. The second-order valence-corrected chi connectivity index (χ2v) is 12.8. The van der Waals surface area contributed by atoms with E-state index in [1.807, 2.05) is 0 Å². The monoisotopic (exact) mass is 622 g/mol. The van der Waals surface area contributed by atoms with Gasteiger partial charge >= 0.3 is 19.8 Å². The third-order valence-corrected chi connectivity index (χ3v) is 8.26. The van der Waals surface area contributed by atoms with E-state index in [2.05, 4.69) is 18.4 Å². The summed E-state index contributed by atoms with van der Waals surface area (Å²) in [7, 11) is -4.51. The summed E-state index contributed by atoms with van der Waals surface area (Å²) >= 11 is 0. The first kappa shape index (κ1) is 41.0. The van der Waals surface area contributed by atoms with Crippen LogP contribution in [-0.4, -0.2) is 48.0 Å². The van der Waals surface area contributed by atoms with E-state index in [1.165, 1.54) is 96.3 Å². The Bertz CT molecular complexity index is 674. The SMILES string of the molecule is CCCCCCCCCCCCCC(=O)OCC(COP(=O)(O)OCO)OC(=O)CCCCCCCCCCCCC. The highest BCUT2D eigenvalue weighted by Crippen LogP contribution is 2.42. The highest BCUT2D eigenvalue weighted by atomic mass is 31.2. The fourth-order valence-corrected chi connectivity index (χ4v) is 5.35. The molecule has 0 aromatic carbocycles. The maximum absolute atomic E-state index is 12.4. The zero-order valence-corrected chi connectivity index (χ0v) is 27.8. The largest absolute Gasteiger partial charge is 0.474 e. The molecule has 2 unspecified atom stereocenters. The van der Waals surface area contributed by atoms with Crippen LogP contribution in [0.1, 0.15) is 168 Å². The van der Waals surface area contributed by atoms with Gasteiger partial charge in [0.2, 0.25) is 0 Å². The molecule has 2 atom stereocenters. The van der Waals surface area contributed by atoms with E-state index >= 15 is 0 Å². The molecule has 0 amide bonds. The van der Waals surface area contributed by atoms with Crippen molar-refractivity contribution in [1.82, 2.24) is 0 Å². The summed E-state index contributed by atoms with van der Waals surface area (Å²) in [5.74, 6) is -0.882. The lowest BCUT2D eigenvalue weighted by Crippen LogP contribution is -2.29. The van der Waals surface area contributed by atoms with Crippen LogP contribution in [0.2, 0.25) is 0 Å². The average Bonchev–Trinajstić information content (AvgIpc) is 2.96. The molecule has 250 valence electrons. The number of unbranched alkanes of at least 4 members (excludes halogenated alkanes) is 20. The van der Waals surface area contributed by atoms with Gasteiger partial charge in [0.05, 0.1) is 6.61 Å². The quantitative estimate of drug-likeness (QED) is 0.0327. The van der Waals surface area contributed by atoms with Crippen molar-refractivity contribution in [2.24, 2.45) is 0 Å². The van der Waals surface area contributed by atoms with Crippen molar-refractivity contribution in [3.05, 3.63) is 0 Å². The Morgan fingerprint density at radius 3 is 1.36 bits per heavy atom. The summed E-state index contributed by atoms with van der Waals surface area (Å²) in [6, 6.07) is 0. The van der Waals surface area contributed by atoms with Crippen LogP contribution in [0.4, 0.5) is 0 Å². The lowest BCUT2D eigenvalue weighted by atomic mass is 10.1. The standard InChI is InChI=1S/C32H63O9P/c1-3-5-7-9-11-13-15-17-19-21-23-25-31(34)38-27-30(28-39-42(36,37)40-29-33)41-32(35)26-24-22-20-18-16-14-12-10-8-6-4-2/h30,33H,3-29H2,1-2H3,(H,36,37). The Balaban J connectivity index is 4.18. The third-order valence-electron chi connectivity index (χ3n) is 7.34. The van der Waals surface area contributed by atoms with Crippen molar-refractivity contribution >= 4 is 19.8 Å². The smallest absolute Gasteiger partial charge is 0.462 e. The molecule has 42 heavy (non-hydrogen) atoms. The minimum atomic E-state index is -4.51. The Labute approximate surface area is 256 Å². The van der Waals surface area contributed by atoms with Crippen LogP contribution >= 0.6 is 7.82 Å². The molecular weight excluding hydrogens is 559 g/mol. The maximum Gasteiger partial charge on any atom is 0.474 e. The molecule has 2 N–H and O–H groups in total. The van der Waals surface area contributed by atoms with Crippen molar-refractivity contribution in [3.63, 3.8) is 0 Å². The lowest BCUT2D eigenvalue weighted by Gasteiger charge is -2.19. The number of phosphoric acid groups is 1. The molecule has 0 aliphatic carbocycles. The summed E-state index contributed by atoms with van der Waals surface area (Å²) in [5.41, 5.74) is 0. The molecule has 9 nitrogen and oxygen atoms in total. The van der Waals surface area contributed by atoms with Crippen LogP contribution in [0.5, 0.6) is 0 Å². The number of hydrogen-bond acceptors (Lipinski definition) is 8. The van der Waals surface area contributed by atoms with Crippen LogP contribution in [0.3, 0.4) is 0 Å². The van der Waals surface area contributed by atoms with Crippen LogP contribution in [0.15, 0.2) is 0 Å². The number of hydrogen-bond donors (Lipinski definition) is 2. The zero-order chi connectivity index (χ0) is 31.2. The molecule has 0 heterocycles. The van der Waals surface area contributed by atoms with E-state index in [-0.39, 0.29) is 19.4 Å². The van der Waals surface area contributed by atoms with Crippen molar-refractivity contribution < 1.29 is 42.7 Å². The number of rotatable bonds is 32. The Morgan fingerprint density at radius 2 is 0.952 bits per heavy atom. The van der Waals surface area contributed by atoms with Gasteiger partial charge in [0.15, 0.2) is 12.9 Å². The van der Waals surface area contributed by atoms with Gasteiger partial charge in [-0.1, -0.05) is 142 Å². The number of phosphoric ester groups is 1. The van der Waals surface area contributed by atoms with E-state index in [0.717, 1.165) is 38.5 Å². The second kappa shape index (κ2) is 30.1. The van der Waals surface area contributed by atoms with Crippen LogP contribution in [0, 0.1) is 0 Å². The Hall–Kier alpha value is -0.990. The normalized spacial score (nSPS) is 13.5. The molecular formula is C32H63O9P. The topological polar surface area (TPSA) is 129 Å². The maximum atomic E-state index is 12.4. The van der Waals surface area contributed by atoms with Gasteiger partial charge < -0.3 is 19.5 Å². The van der Waals surface area contributed by atoms with E-state index in [9.17, 15) is 19.0 Å². The predicted octanol–water partition coefficient (Wildman–Crippen LogP) is 8.93. The molecule has 0 saturated heterocycles. The van der Waals surface area contributed by atoms with Gasteiger partial charge in [-0.2, -0.15) is 0 Å². The fraction of sp³-hybridized carbons (Fsp3) is 0.938. The minimum absolute atomic E-state index is 0.212. The van der Waals surface area contributed by atoms with Gasteiger partial charge in [-0.25, -0.2) is 4.57 Å². The minimum Gasteiger partial charge on any atom is -0.462 e. The summed E-state index contributed by atoms with van der Waals surface area (Å²) in [5, 5.41) is 8.73. The molecule has 0 rings (SSSR count). The van der Waals surface area contributed by atoms with Gasteiger partial charge in [0.25, 0.3) is 0 Å². The predicted molar refractivity (Wildman–Crippen MR) is 167 cm³/mol. The fourth-order valence-electron chi connectivity index (χ4n) is 4.77. The molecule has 0 aliphatic rings. The number of aliphatic hydroxyl groups is 1. The second-order valence-electron chi connectivity index (χ2n) is 11.4. The third kappa shape index (κ3) is 29.1. The molecule has 0 radical (unpaired) electrons. The molecule has 0 aromatic rings. The molecule has 0 aliphatic heterocycles. The van der Waals surface area contributed by atoms with Crippen molar-refractivity contribution in [2.45, 2.75) is 174 Å².